The second-order valence-corrected chi connectivity index (χ2v) is 22.2. The van der Waals surface area contributed by atoms with E-state index >= 15 is 0 Å². The van der Waals surface area contributed by atoms with Gasteiger partial charge in [0.2, 0.25) is 0 Å². The third-order valence-electron chi connectivity index (χ3n) is 13.9. The van der Waals surface area contributed by atoms with Crippen LogP contribution in [0.1, 0.15) is 147 Å². The number of aliphatic hydroxyl groups excluding tert-OH is 1. The van der Waals surface area contributed by atoms with Gasteiger partial charge in [0.25, 0.3) is 21.9 Å². The highest BCUT2D eigenvalue weighted by Gasteiger charge is 2.42. The molecule has 0 radical (unpaired) electrons. The molecule has 4 aromatic rings. The number of carbonyl (C=O) groups is 3. The Bertz CT molecular complexity index is 2750. The molecule has 2 aromatic carbocycles. The monoisotopic (exact) mass is 1030 g/mol. The first-order valence-electron chi connectivity index (χ1n) is 24.4. The zero-order valence-corrected chi connectivity index (χ0v) is 42.9. The number of halogens is 3. The Morgan fingerprint density at radius 1 is 0.833 bits per heavy atom. The number of alkyl halides is 3. The second-order valence-electron chi connectivity index (χ2n) is 20.8. The third kappa shape index (κ3) is 13.5. The molecule has 2 saturated carbocycles. The number of nitrogens with one attached hydrogen (secondary N) is 2. The van der Waals surface area contributed by atoms with Gasteiger partial charge in [-0.15, -0.1) is 0 Å². The van der Waals surface area contributed by atoms with Crippen LogP contribution >= 0.6 is 0 Å². The maximum Gasteiger partial charge on any atom is 0.435 e. The summed E-state index contributed by atoms with van der Waals surface area (Å²) in [5.74, 6) is -1.35. The Hall–Kier alpha value is -5.71. The van der Waals surface area contributed by atoms with E-state index < -0.39 is 52.0 Å². The number of rotatable bonds is 12. The van der Waals surface area contributed by atoms with E-state index in [1.54, 1.807) is 19.2 Å². The fourth-order valence-corrected chi connectivity index (χ4v) is 10.3. The number of anilines is 2. The van der Waals surface area contributed by atoms with Crippen LogP contribution in [0.2, 0.25) is 0 Å². The largest absolute Gasteiger partial charge is 0.496 e. The Morgan fingerprint density at radius 3 is 1.96 bits per heavy atom. The molecule has 0 unspecified atom stereocenters. The van der Waals surface area contributed by atoms with Crippen LogP contribution in [-0.4, -0.2) is 99.6 Å². The van der Waals surface area contributed by atoms with Gasteiger partial charge in [0.05, 0.1) is 66.4 Å². The van der Waals surface area contributed by atoms with E-state index in [0.717, 1.165) is 69.2 Å². The van der Waals surface area contributed by atoms with Crippen molar-refractivity contribution in [1.82, 2.24) is 19.6 Å². The molecule has 2 amide bonds. The molecule has 18 nitrogen and oxygen atoms in total. The molecule has 2 heterocycles. The lowest BCUT2D eigenvalue weighted by Gasteiger charge is -2.33. The van der Waals surface area contributed by atoms with Crippen LogP contribution < -0.4 is 32.6 Å². The molecule has 8 rings (SSSR count). The number of benzene rings is 2. The lowest BCUT2D eigenvalue weighted by molar-refractivity contribution is -0.149. The summed E-state index contributed by atoms with van der Waals surface area (Å²) in [5, 5.41) is 25.9. The summed E-state index contributed by atoms with van der Waals surface area (Å²) in [7, 11) is -2.13. The lowest BCUT2D eigenvalue weighted by atomic mass is 9.76. The predicted molar refractivity (Wildman–Crippen MR) is 266 cm³/mol. The maximum atomic E-state index is 13.8. The molecule has 4 atom stereocenters. The number of nitrogens with two attached hydrogens (primary N) is 3. The Kier molecular flexibility index (Phi) is 17.1. The number of fused-ring (bicyclic) bond motifs is 2. The third-order valence-corrected chi connectivity index (χ3v) is 13.9. The van der Waals surface area contributed by atoms with Crippen LogP contribution in [0, 0.1) is 10.8 Å². The zero-order valence-electron chi connectivity index (χ0n) is 42.1. The molecule has 4 aliphatic rings. The van der Waals surface area contributed by atoms with Gasteiger partial charge < -0.3 is 42.4 Å². The number of nitrogens with zero attached hydrogens (tertiary/aromatic N) is 4. The number of primary amides is 2. The normalized spacial score (nSPS) is 21.1. The average molecular weight is 1030 g/mol. The molecule has 0 spiro atoms. The highest BCUT2D eigenvalue weighted by atomic mass is 32.2. The molecule has 4 aliphatic carbocycles. The first kappa shape index (κ1) is 55.6. The molecule has 0 bridgehead atoms. The van der Waals surface area contributed by atoms with Gasteiger partial charge in [-0.2, -0.15) is 31.8 Å². The Morgan fingerprint density at radius 2 is 1.40 bits per heavy atom. The number of methoxy groups -OCH3 is 1. The smallest absolute Gasteiger partial charge is 0.435 e. The quantitative estimate of drug-likeness (QED) is 0.0581. The van der Waals surface area contributed by atoms with Gasteiger partial charge in [0, 0.05) is 28.7 Å². The van der Waals surface area contributed by atoms with Gasteiger partial charge in [0.15, 0.2) is 5.69 Å². The van der Waals surface area contributed by atoms with Crippen molar-refractivity contribution < 1.29 is 55.1 Å². The minimum Gasteiger partial charge on any atom is -0.496 e. The van der Waals surface area contributed by atoms with E-state index in [1.807, 2.05) is 30.7 Å². The van der Waals surface area contributed by atoms with Crippen molar-refractivity contribution in [3.05, 3.63) is 75.4 Å². The van der Waals surface area contributed by atoms with Crippen molar-refractivity contribution in [2.45, 2.75) is 155 Å². The highest BCUT2D eigenvalue weighted by Crippen LogP contribution is 2.43. The molecule has 0 aliphatic heterocycles. The number of amides is 2. The van der Waals surface area contributed by atoms with Crippen LogP contribution in [-0.2, 0) is 57.9 Å². The van der Waals surface area contributed by atoms with Crippen molar-refractivity contribution >= 4 is 39.3 Å². The van der Waals surface area contributed by atoms with Gasteiger partial charge in [-0.05, 0) is 124 Å². The van der Waals surface area contributed by atoms with Gasteiger partial charge in [-0.3, -0.25) is 18.9 Å². The maximum absolute atomic E-state index is 13.8. The molecular formula is C50H70F3N9O9S. The fraction of sp³-hybridized carbons (Fsp3) is 0.580. The summed E-state index contributed by atoms with van der Waals surface area (Å²) in [5.41, 5.74) is 23.0. The van der Waals surface area contributed by atoms with E-state index in [1.165, 1.54) is 22.0 Å². The van der Waals surface area contributed by atoms with E-state index in [9.17, 15) is 41.1 Å². The Labute approximate surface area is 418 Å². The predicted octanol–water partition coefficient (Wildman–Crippen LogP) is 6.62. The lowest BCUT2D eigenvalue weighted by Crippen LogP contribution is -2.41. The first-order chi connectivity index (χ1) is 33.6. The van der Waals surface area contributed by atoms with Gasteiger partial charge >= 0.3 is 12.1 Å². The summed E-state index contributed by atoms with van der Waals surface area (Å²) in [6.45, 7) is 10.5. The fourth-order valence-electron chi connectivity index (χ4n) is 10.3. The minimum absolute atomic E-state index is 0.116. The standard InChI is InChI=1S/C25H32F3N5O3.C24H34N4O3.CH4O3S/c1-24(2)10-9-16-19(12-24)33(32-22(16)25(26,27)28)14-7-8-15(23(30)35)18(11-14)31-17-5-3-4-6-20(17)36-21(34)13-29;1-5-16-15-9-10-24(2,3)13-19(15)28(27-16)14-11-18(26-17-7-6-8-20(17)29)22(23(25)30)21(12-14)31-4;1-5(2,3)4/h7-8,11,17,20,31H,3-6,9-10,12-13,29H2,1-2H3,(H2,30,35);11-12,17,20,26,29H,5-10,13H2,1-4H3,(H2,25,30);1H3,(H,2,3,4)/t2*17-,20-;/m00./s1. The molecule has 72 heavy (non-hydrogen) atoms. The molecular weight excluding hydrogens is 960 g/mol. The number of aryl methyl sites for hydroxylation is 1. The zero-order chi connectivity index (χ0) is 53.1. The first-order valence-corrected chi connectivity index (χ1v) is 26.3. The van der Waals surface area contributed by atoms with E-state index in [4.69, 9.17) is 36.3 Å². The van der Waals surface area contributed by atoms with Crippen LogP contribution in [0.3, 0.4) is 0 Å². The van der Waals surface area contributed by atoms with Gasteiger partial charge in [-0.1, -0.05) is 41.0 Å². The van der Waals surface area contributed by atoms with Crippen molar-refractivity contribution in [3.63, 3.8) is 0 Å². The van der Waals surface area contributed by atoms with E-state index in [0.29, 0.717) is 66.0 Å². The van der Waals surface area contributed by atoms with Crippen LogP contribution in [0.4, 0.5) is 24.5 Å². The average Bonchev–Trinajstić information content (AvgIpc) is 3.99. The number of aliphatic hydroxyl groups is 1. The topological polar surface area (TPSA) is 282 Å². The minimum atomic E-state index is -4.58. The summed E-state index contributed by atoms with van der Waals surface area (Å²) in [6.07, 6.45) is 6.21. The van der Waals surface area contributed by atoms with Crippen molar-refractivity contribution in [3.8, 4) is 17.1 Å². The molecule has 2 fully saturated rings. The highest BCUT2D eigenvalue weighted by molar-refractivity contribution is 7.85. The number of carbonyl (C=O) groups excluding carboxylic acids is 3. The molecule has 0 saturated heterocycles. The van der Waals surface area contributed by atoms with E-state index in [-0.39, 0.29) is 47.0 Å². The summed E-state index contributed by atoms with van der Waals surface area (Å²) >= 11 is 0. The summed E-state index contributed by atoms with van der Waals surface area (Å²) < 4.78 is 81.8. The number of esters is 1. The molecule has 396 valence electrons. The number of hydrogen-bond acceptors (Lipinski definition) is 13. The van der Waals surface area contributed by atoms with E-state index in [2.05, 4.69) is 36.5 Å². The summed E-state index contributed by atoms with van der Waals surface area (Å²) in [6, 6.07) is 7.96. The van der Waals surface area contributed by atoms with Crippen LogP contribution in [0.15, 0.2) is 30.3 Å². The second kappa shape index (κ2) is 22.2. The van der Waals surface area contributed by atoms with Gasteiger partial charge in [0.1, 0.15) is 17.4 Å². The molecule has 22 heteroatoms. The SMILES string of the molecule is CC1(C)CCc2c(C(F)(F)F)nn(-c3ccc(C(N)=O)c(N[C@H]4CCCC[C@@H]4OC(=O)CN)c3)c2C1.CCc1nn(-c2cc(N[C@H]3CCC[C@@H]3O)c(C(N)=O)c(OC)c2)c2c1CCC(C)(C)C2.CS(=O)(=O)O. The van der Waals surface area contributed by atoms with Gasteiger partial charge in [-0.25, -0.2) is 9.36 Å². The molecule has 10 N–H and O–H groups in total. The molecule has 2 aromatic heterocycles. The number of hydrogen-bond donors (Lipinski definition) is 7. The van der Waals surface area contributed by atoms with Crippen LogP contribution in [0.25, 0.3) is 11.4 Å². The van der Waals surface area contributed by atoms with Crippen molar-refractivity contribution in [1.29, 1.82) is 0 Å². The van der Waals surface area contributed by atoms with Crippen molar-refractivity contribution in [2.75, 3.05) is 30.5 Å². The Balaban J connectivity index is 0.000000217. The van der Waals surface area contributed by atoms with Crippen molar-refractivity contribution in [2.24, 2.45) is 28.0 Å². The number of ether oxygens (including phenoxy) is 2. The number of aromatic nitrogens is 4. The van der Waals surface area contributed by atoms with Crippen LogP contribution in [0.5, 0.6) is 5.75 Å². The summed E-state index contributed by atoms with van der Waals surface area (Å²) in [4.78, 5) is 36.3.